The maximum atomic E-state index is 12.2. The third-order valence-electron chi connectivity index (χ3n) is 3.52. The number of amides is 1. The molecule has 120 valence electrons. The van der Waals surface area contributed by atoms with Crippen molar-refractivity contribution in [1.29, 1.82) is 0 Å². The van der Waals surface area contributed by atoms with Gasteiger partial charge in [0.25, 0.3) is 5.91 Å². The van der Waals surface area contributed by atoms with Crippen molar-refractivity contribution < 1.29 is 9.53 Å². The van der Waals surface area contributed by atoms with Crippen LogP contribution in [0.3, 0.4) is 0 Å². The van der Waals surface area contributed by atoms with E-state index in [1.165, 1.54) is 0 Å². The molecule has 1 aromatic heterocycles. The van der Waals surface area contributed by atoms with E-state index in [0.717, 1.165) is 18.9 Å². The first-order chi connectivity index (χ1) is 11.1. The Hall–Kier alpha value is -1.82. The van der Waals surface area contributed by atoms with Gasteiger partial charge in [-0.3, -0.25) is 4.79 Å². The molecule has 1 aliphatic rings. The van der Waals surface area contributed by atoms with E-state index in [9.17, 15) is 4.79 Å². The van der Waals surface area contributed by atoms with Gasteiger partial charge in [0.1, 0.15) is 5.82 Å². The Morgan fingerprint density at radius 1 is 1.13 bits per heavy atom. The Bertz CT molecular complexity index is 701. The van der Waals surface area contributed by atoms with Gasteiger partial charge in [0.05, 0.1) is 28.8 Å². The minimum atomic E-state index is -0.246. The van der Waals surface area contributed by atoms with E-state index >= 15 is 0 Å². The summed E-state index contributed by atoms with van der Waals surface area (Å²) in [5, 5.41) is 3.61. The van der Waals surface area contributed by atoms with E-state index in [1.807, 2.05) is 6.07 Å². The zero-order valence-electron chi connectivity index (χ0n) is 12.3. The lowest BCUT2D eigenvalue weighted by molar-refractivity contribution is 0.102. The van der Waals surface area contributed by atoms with Gasteiger partial charge in [-0.05, 0) is 30.3 Å². The van der Waals surface area contributed by atoms with Gasteiger partial charge >= 0.3 is 0 Å². The topological polar surface area (TPSA) is 54.5 Å². The summed E-state index contributed by atoms with van der Waals surface area (Å²) in [6, 6.07) is 8.54. The number of ether oxygens (including phenoxy) is 1. The molecule has 0 atom stereocenters. The quantitative estimate of drug-likeness (QED) is 0.919. The van der Waals surface area contributed by atoms with Gasteiger partial charge < -0.3 is 15.0 Å². The maximum absolute atomic E-state index is 12.2. The van der Waals surface area contributed by atoms with E-state index in [4.69, 9.17) is 27.9 Å². The van der Waals surface area contributed by atoms with Crippen molar-refractivity contribution in [3.8, 4) is 0 Å². The molecule has 0 aliphatic carbocycles. The Kier molecular flexibility index (Phi) is 5.00. The van der Waals surface area contributed by atoms with Crippen LogP contribution in [0.15, 0.2) is 36.5 Å². The molecular weight excluding hydrogens is 337 g/mol. The Balaban J connectivity index is 1.68. The first-order valence-corrected chi connectivity index (χ1v) is 7.94. The molecule has 23 heavy (non-hydrogen) atoms. The summed E-state index contributed by atoms with van der Waals surface area (Å²) in [4.78, 5) is 18.7. The van der Waals surface area contributed by atoms with Gasteiger partial charge in [0.15, 0.2) is 0 Å². The van der Waals surface area contributed by atoms with E-state index in [1.54, 1.807) is 30.5 Å². The Morgan fingerprint density at radius 3 is 2.57 bits per heavy atom. The van der Waals surface area contributed by atoms with Gasteiger partial charge in [-0.25, -0.2) is 4.98 Å². The summed E-state index contributed by atoms with van der Waals surface area (Å²) < 4.78 is 5.31. The molecule has 3 rings (SSSR count). The highest BCUT2D eigenvalue weighted by Crippen LogP contribution is 2.25. The largest absolute Gasteiger partial charge is 0.378 e. The summed E-state index contributed by atoms with van der Waals surface area (Å²) in [7, 11) is 0. The van der Waals surface area contributed by atoms with E-state index in [0.29, 0.717) is 34.5 Å². The monoisotopic (exact) mass is 351 g/mol. The number of nitrogens with zero attached hydrogens (tertiary/aromatic N) is 2. The molecule has 1 aromatic carbocycles. The number of pyridine rings is 1. The first kappa shape index (κ1) is 16.1. The fraction of sp³-hybridized carbons (Fsp3) is 0.250. The lowest BCUT2D eigenvalue weighted by Crippen LogP contribution is -2.36. The molecule has 0 saturated carbocycles. The van der Waals surface area contributed by atoms with E-state index < -0.39 is 0 Å². The molecule has 0 unspecified atom stereocenters. The van der Waals surface area contributed by atoms with Crippen LogP contribution in [0.5, 0.6) is 0 Å². The molecule has 2 aromatic rings. The molecule has 1 N–H and O–H groups in total. The van der Waals surface area contributed by atoms with Gasteiger partial charge in [0, 0.05) is 25.0 Å². The van der Waals surface area contributed by atoms with Crippen LogP contribution in [0.2, 0.25) is 10.0 Å². The molecule has 1 aliphatic heterocycles. The van der Waals surface area contributed by atoms with Crippen molar-refractivity contribution in [1.82, 2.24) is 4.98 Å². The van der Waals surface area contributed by atoms with Crippen molar-refractivity contribution in [2.24, 2.45) is 0 Å². The van der Waals surface area contributed by atoms with Crippen LogP contribution in [0.4, 0.5) is 11.5 Å². The van der Waals surface area contributed by atoms with Crippen molar-refractivity contribution >= 4 is 40.6 Å². The van der Waals surface area contributed by atoms with Gasteiger partial charge in [0.2, 0.25) is 0 Å². The SMILES string of the molecule is O=C(Nc1ccc(Cl)c(Cl)c1)c1ccc(N2CCOCC2)nc1. The number of carbonyl (C=O) groups is 1. The van der Waals surface area contributed by atoms with E-state index in [-0.39, 0.29) is 5.91 Å². The number of hydrogen-bond acceptors (Lipinski definition) is 4. The standard InChI is InChI=1S/C16H15Cl2N3O2/c17-13-3-2-12(9-14(13)18)20-16(22)11-1-4-15(19-10-11)21-5-7-23-8-6-21/h1-4,9-10H,5-8H2,(H,20,22). The fourth-order valence-electron chi connectivity index (χ4n) is 2.28. The second-order valence-electron chi connectivity index (χ2n) is 5.09. The van der Waals surface area contributed by atoms with E-state index in [2.05, 4.69) is 15.2 Å². The number of benzene rings is 1. The number of nitrogens with one attached hydrogen (secondary N) is 1. The summed E-state index contributed by atoms with van der Waals surface area (Å²) in [5.41, 5.74) is 1.06. The number of morpholine rings is 1. The Labute approximate surface area is 144 Å². The molecule has 1 fully saturated rings. The molecule has 0 spiro atoms. The van der Waals surface area contributed by atoms with Crippen LogP contribution < -0.4 is 10.2 Å². The molecule has 1 saturated heterocycles. The number of hydrogen-bond donors (Lipinski definition) is 1. The Morgan fingerprint density at radius 2 is 1.91 bits per heavy atom. The second-order valence-corrected chi connectivity index (χ2v) is 5.90. The van der Waals surface area contributed by atoms with Crippen molar-refractivity contribution in [2.45, 2.75) is 0 Å². The number of carbonyl (C=O) groups excluding carboxylic acids is 1. The minimum absolute atomic E-state index is 0.246. The second kappa shape index (κ2) is 7.17. The summed E-state index contributed by atoms with van der Waals surface area (Å²) in [6.07, 6.45) is 1.57. The molecular formula is C16H15Cl2N3O2. The van der Waals surface area contributed by atoms with Crippen LogP contribution in [0.25, 0.3) is 0 Å². The van der Waals surface area contributed by atoms with Crippen LogP contribution in [0.1, 0.15) is 10.4 Å². The highest BCUT2D eigenvalue weighted by molar-refractivity contribution is 6.42. The highest BCUT2D eigenvalue weighted by Gasteiger charge is 2.13. The average Bonchev–Trinajstić information content (AvgIpc) is 2.59. The van der Waals surface area contributed by atoms with Gasteiger partial charge in [-0.15, -0.1) is 0 Å². The predicted molar refractivity (Wildman–Crippen MR) is 91.7 cm³/mol. The van der Waals surface area contributed by atoms with Crippen molar-refractivity contribution in [3.63, 3.8) is 0 Å². The number of anilines is 2. The van der Waals surface area contributed by atoms with Crippen LogP contribution in [-0.4, -0.2) is 37.2 Å². The zero-order chi connectivity index (χ0) is 16.2. The van der Waals surface area contributed by atoms with Crippen LogP contribution >= 0.6 is 23.2 Å². The van der Waals surface area contributed by atoms with Gasteiger partial charge in [-0.2, -0.15) is 0 Å². The van der Waals surface area contributed by atoms with Crippen molar-refractivity contribution in [2.75, 3.05) is 36.5 Å². The molecule has 5 nitrogen and oxygen atoms in total. The summed E-state index contributed by atoms with van der Waals surface area (Å²) >= 11 is 11.8. The molecule has 0 bridgehead atoms. The molecule has 2 heterocycles. The number of aromatic nitrogens is 1. The summed E-state index contributed by atoms with van der Waals surface area (Å²) in [6.45, 7) is 3.01. The smallest absolute Gasteiger partial charge is 0.257 e. The van der Waals surface area contributed by atoms with Crippen LogP contribution in [-0.2, 0) is 4.74 Å². The van der Waals surface area contributed by atoms with Crippen LogP contribution in [0, 0.1) is 0 Å². The maximum Gasteiger partial charge on any atom is 0.257 e. The number of halogens is 2. The zero-order valence-corrected chi connectivity index (χ0v) is 13.8. The normalized spacial score (nSPS) is 14.6. The molecule has 1 amide bonds. The average molecular weight is 352 g/mol. The summed E-state index contributed by atoms with van der Waals surface area (Å²) in [5.74, 6) is 0.601. The highest BCUT2D eigenvalue weighted by atomic mass is 35.5. The third kappa shape index (κ3) is 3.93. The first-order valence-electron chi connectivity index (χ1n) is 7.18. The fourth-order valence-corrected chi connectivity index (χ4v) is 2.58. The molecule has 0 radical (unpaired) electrons. The van der Waals surface area contributed by atoms with Gasteiger partial charge in [-0.1, -0.05) is 23.2 Å². The predicted octanol–water partition coefficient (Wildman–Crippen LogP) is 3.48. The van der Waals surface area contributed by atoms with Crippen molar-refractivity contribution in [3.05, 3.63) is 52.1 Å². The lowest BCUT2D eigenvalue weighted by Gasteiger charge is -2.27. The third-order valence-corrected chi connectivity index (χ3v) is 4.26. The lowest BCUT2D eigenvalue weighted by atomic mass is 10.2. The number of rotatable bonds is 3. The molecule has 7 heteroatoms. The minimum Gasteiger partial charge on any atom is -0.378 e.